The highest BCUT2D eigenvalue weighted by Gasteiger charge is 2.21. The molecule has 1 atom stereocenters. The van der Waals surface area contributed by atoms with Crippen molar-refractivity contribution in [2.24, 2.45) is 0 Å². The molecule has 0 bridgehead atoms. The molecule has 8 nitrogen and oxygen atoms in total. The van der Waals surface area contributed by atoms with Crippen molar-refractivity contribution in [2.45, 2.75) is 30.8 Å². The van der Waals surface area contributed by atoms with Gasteiger partial charge in [0.25, 0.3) is 0 Å². The molecule has 4 aromatic rings. The molecule has 0 radical (unpaired) electrons. The number of benzene rings is 2. The van der Waals surface area contributed by atoms with Crippen molar-refractivity contribution in [1.29, 1.82) is 0 Å². The molecule has 148 valence electrons. The Balaban J connectivity index is 1.60. The number of nitrogens with zero attached hydrogens (tertiary/aromatic N) is 7. The summed E-state index contributed by atoms with van der Waals surface area (Å²) in [5.41, 5.74) is 1.92. The van der Waals surface area contributed by atoms with E-state index in [9.17, 15) is 0 Å². The van der Waals surface area contributed by atoms with E-state index in [0.29, 0.717) is 0 Å². The maximum absolute atomic E-state index is 5.24. The Kier molecular flexibility index (Phi) is 5.57. The lowest BCUT2D eigenvalue weighted by Gasteiger charge is -2.12. The van der Waals surface area contributed by atoms with Crippen LogP contribution in [0.5, 0.6) is 5.75 Å². The third-order valence-electron chi connectivity index (χ3n) is 4.52. The fourth-order valence-electron chi connectivity index (χ4n) is 3.03. The summed E-state index contributed by atoms with van der Waals surface area (Å²) in [5.74, 6) is 2.40. The predicted molar refractivity (Wildman–Crippen MR) is 111 cm³/mol. The lowest BCUT2D eigenvalue weighted by Crippen LogP contribution is -2.06. The van der Waals surface area contributed by atoms with Crippen LogP contribution in [0.1, 0.15) is 24.9 Å². The van der Waals surface area contributed by atoms with Crippen LogP contribution in [0.3, 0.4) is 0 Å². The van der Waals surface area contributed by atoms with Crippen molar-refractivity contribution >= 4 is 11.8 Å². The molecular weight excluding hydrogens is 386 g/mol. The molecule has 0 unspecified atom stereocenters. The second-order valence-electron chi connectivity index (χ2n) is 6.32. The monoisotopic (exact) mass is 407 g/mol. The summed E-state index contributed by atoms with van der Waals surface area (Å²) in [7, 11) is 1.66. The lowest BCUT2D eigenvalue weighted by atomic mass is 10.2. The van der Waals surface area contributed by atoms with Crippen LogP contribution in [0.25, 0.3) is 17.1 Å². The molecule has 0 N–H and O–H groups in total. The van der Waals surface area contributed by atoms with E-state index in [2.05, 4.69) is 44.1 Å². The number of hydrogen-bond acceptors (Lipinski definition) is 7. The summed E-state index contributed by atoms with van der Waals surface area (Å²) in [5, 5.41) is 21.9. The standard InChI is InChI=1S/C20H21N7OS/c1-4-26-19(15-10-12-17(28-3)13-11-15)21-23-20(26)29-14(2)18-22-24-25-27(18)16-8-6-5-7-9-16/h5-14H,4H2,1-3H3/t14-/m0/s1. The van der Waals surface area contributed by atoms with Crippen molar-refractivity contribution < 1.29 is 4.74 Å². The molecule has 2 heterocycles. The number of para-hydroxylation sites is 1. The largest absolute Gasteiger partial charge is 0.497 e. The second kappa shape index (κ2) is 8.44. The minimum absolute atomic E-state index is 0.0107. The normalized spacial score (nSPS) is 12.1. The van der Waals surface area contributed by atoms with Crippen LogP contribution in [0.2, 0.25) is 0 Å². The van der Waals surface area contributed by atoms with Crippen molar-refractivity contribution in [3.8, 4) is 22.8 Å². The quantitative estimate of drug-likeness (QED) is 0.431. The number of methoxy groups -OCH3 is 1. The van der Waals surface area contributed by atoms with E-state index in [1.54, 1.807) is 23.6 Å². The van der Waals surface area contributed by atoms with E-state index in [0.717, 1.165) is 40.4 Å². The van der Waals surface area contributed by atoms with Crippen LogP contribution in [0.4, 0.5) is 0 Å². The highest BCUT2D eigenvalue weighted by Crippen LogP contribution is 2.35. The number of ether oxygens (including phenoxy) is 1. The Morgan fingerprint density at radius 3 is 2.45 bits per heavy atom. The molecule has 0 aliphatic heterocycles. The minimum Gasteiger partial charge on any atom is -0.497 e. The molecule has 0 saturated heterocycles. The van der Waals surface area contributed by atoms with E-state index < -0.39 is 0 Å². The van der Waals surface area contributed by atoms with Crippen molar-refractivity contribution in [3.05, 3.63) is 60.4 Å². The second-order valence-corrected chi connectivity index (χ2v) is 7.63. The van der Waals surface area contributed by atoms with Gasteiger partial charge in [-0.3, -0.25) is 0 Å². The van der Waals surface area contributed by atoms with Gasteiger partial charge in [-0.15, -0.1) is 15.3 Å². The fraction of sp³-hybridized carbons (Fsp3) is 0.250. The van der Waals surface area contributed by atoms with Gasteiger partial charge in [0, 0.05) is 12.1 Å². The maximum atomic E-state index is 5.24. The summed E-state index contributed by atoms with van der Waals surface area (Å²) in [6, 6.07) is 17.7. The van der Waals surface area contributed by atoms with Crippen LogP contribution in [0.15, 0.2) is 59.8 Å². The molecule has 2 aromatic heterocycles. The summed E-state index contributed by atoms with van der Waals surface area (Å²) in [6.07, 6.45) is 0. The van der Waals surface area contributed by atoms with Gasteiger partial charge in [0.1, 0.15) is 5.75 Å². The van der Waals surface area contributed by atoms with E-state index in [1.165, 1.54) is 0 Å². The highest BCUT2D eigenvalue weighted by molar-refractivity contribution is 7.99. The van der Waals surface area contributed by atoms with E-state index in [1.807, 2.05) is 54.6 Å². The van der Waals surface area contributed by atoms with Gasteiger partial charge in [-0.05, 0) is 60.7 Å². The average molecular weight is 408 g/mol. The van der Waals surface area contributed by atoms with E-state index in [-0.39, 0.29) is 5.25 Å². The number of aromatic nitrogens is 7. The Bertz CT molecular complexity index is 1080. The van der Waals surface area contributed by atoms with Gasteiger partial charge < -0.3 is 9.30 Å². The number of hydrogen-bond donors (Lipinski definition) is 0. The van der Waals surface area contributed by atoms with Crippen LogP contribution in [-0.4, -0.2) is 42.1 Å². The third-order valence-corrected chi connectivity index (χ3v) is 5.60. The smallest absolute Gasteiger partial charge is 0.192 e. The molecule has 0 spiro atoms. The van der Waals surface area contributed by atoms with Crippen LogP contribution >= 0.6 is 11.8 Å². The zero-order valence-electron chi connectivity index (χ0n) is 16.4. The number of tetrazole rings is 1. The topological polar surface area (TPSA) is 83.5 Å². The molecule has 0 amide bonds. The molecule has 0 aliphatic carbocycles. The van der Waals surface area contributed by atoms with Crippen molar-refractivity contribution in [2.75, 3.05) is 7.11 Å². The van der Waals surface area contributed by atoms with Gasteiger partial charge in [0.15, 0.2) is 16.8 Å². The Labute approximate surface area is 172 Å². The first-order valence-corrected chi connectivity index (χ1v) is 10.2. The summed E-state index contributed by atoms with van der Waals surface area (Å²) in [6.45, 7) is 4.91. The minimum atomic E-state index is -0.0107. The summed E-state index contributed by atoms with van der Waals surface area (Å²) in [4.78, 5) is 0. The fourth-order valence-corrected chi connectivity index (χ4v) is 4.03. The van der Waals surface area contributed by atoms with Gasteiger partial charge in [-0.25, -0.2) is 0 Å². The molecule has 0 saturated carbocycles. The SMILES string of the molecule is CCn1c(S[C@@H](C)c2nnnn2-c2ccccc2)nnc1-c1ccc(OC)cc1. The Morgan fingerprint density at radius 1 is 1.00 bits per heavy atom. The molecule has 0 fully saturated rings. The summed E-state index contributed by atoms with van der Waals surface area (Å²) >= 11 is 1.59. The molecular formula is C20H21N7OS. The first kappa shape index (κ1) is 19.1. The van der Waals surface area contributed by atoms with Gasteiger partial charge in [-0.2, -0.15) is 4.68 Å². The van der Waals surface area contributed by atoms with Crippen molar-refractivity contribution in [3.63, 3.8) is 0 Å². The lowest BCUT2D eigenvalue weighted by molar-refractivity contribution is 0.415. The van der Waals surface area contributed by atoms with E-state index in [4.69, 9.17) is 4.74 Å². The molecule has 9 heteroatoms. The molecule has 0 aliphatic rings. The van der Waals surface area contributed by atoms with Gasteiger partial charge in [0.05, 0.1) is 18.0 Å². The predicted octanol–water partition coefficient (Wildman–Crippen LogP) is 3.80. The highest BCUT2D eigenvalue weighted by atomic mass is 32.2. The van der Waals surface area contributed by atoms with Crippen LogP contribution in [0, 0.1) is 0 Å². The maximum Gasteiger partial charge on any atom is 0.192 e. The van der Waals surface area contributed by atoms with Crippen molar-refractivity contribution in [1.82, 2.24) is 35.0 Å². The Hall–Kier alpha value is -3.20. The van der Waals surface area contributed by atoms with Gasteiger partial charge in [-0.1, -0.05) is 30.0 Å². The van der Waals surface area contributed by atoms with Gasteiger partial charge >= 0.3 is 0 Å². The summed E-state index contributed by atoms with van der Waals surface area (Å²) < 4.78 is 9.10. The first-order chi connectivity index (χ1) is 14.2. The number of rotatable bonds is 7. The molecule has 4 rings (SSSR count). The number of thioether (sulfide) groups is 1. The Morgan fingerprint density at radius 2 is 1.76 bits per heavy atom. The van der Waals surface area contributed by atoms with Gasteiger partial charge in [0.2, 0.25) is 0 Å². The third kappa shape index (κ3) is 3.86. The molecule has 29 heavy (non-hydrogen) atoms. The van der Waals surface area contributed by atoms with Crippen LogP contribution < -0.4 is 4.74 Å². The first-order valence-electron chi connectivity index (χ1n) is 9.29. The van der Waals surface area contributed by atoms with E-state index >= 15 is 0 Å². The average Bonchev–Trinajstić information content (AvgIpc) is 3.41. The molecule has 2 aromatic carbocycles. The zero-order chi connectivity index (χ0) is 20.2. The van der Waals surface area contributed by atoms with Crippen LogP contribution in [-0.2, 0) is 6.54 Å². The zero-order valence-corrected chi connectivity index (χ0v) is 17.2.